The van der Waals surface area contributed by atoms with Gasteiger partial charge in [0, 0.05) is 51.4 Å². The second-order valence-corrected chi connectivity index (χ2v) is 9.08. The summed E-state index contributed by atoms with van der Waals surface area (Å²) in [4.78, 5) is 24.8. The SMILES string of the molecule is c1ccc(CNc2nc3nc(N4CCNCC4)nc(N4CCCC4)c3nc2-c2ccccc2)cc1. The third-order valence-corrected chi connectivity index (χ3v) is 6.66. The monoisotopic (exact) mass is 466 g/mol. The Kier molecular flexibility index (Phi) is 6.11. The van der Waals surface area contributed by atoms with E-state index < -0.39 is 0 Å². The van der Waals surface area contributed by atoms with Gasteiger partial charge in [-0.05, 0) is 18.4 Å². The minimum Gasteiger partial charge on any atom is -0.364 e. The van der Waals surface area contributed by atoms with Crippen molar-refractivity contribution in [3.05, 3.63) is 66.2 Å². The largest absolute Gasteiger partial charge is 0.364 e. The van der Waals surface area contributed by atoms with Crippen molar-refractivity contribution in [2.24, 2.45) is 0 Å². The highest BCUT2D eigenvalue weighted by Gasteiger charge is 2.24. The molecule has 0 unspecified atom stereocenters. The van der Waals surface area contributed by atoms with Crippen molar-refractivity contribution >= 4 is 28.7 Å². The van der Waals surface area contributed by atoms with Crippen LogP contribution in [-0.2, 0) is 6.54 Å². The second-order valence-electron chi connectivity index (χ2n) is 9.08. The molecular weight excluding hydrogens is 436 g/mol. The maximum atomic E-state index is 5.17. The molecule has 8 heteroatoms. The summed E-state index contributed by atoms with van der Waals surface area (Å²) in [7, 11) is 0. The number of hydrogen-bond acceptors (Lipinski definition) is 8. The van der Waals surface area contributed by atoms with E-state index in [9.17, 15) is 0 Å². The predicted molar refractivity (Wildman–Crippen MR) is 141 cm³/mol. The average molecular weight is 467 g/mol. The first-order valence-electron chi connectivity index (χ1n) is 12.5. The molecule has 2 saturated heterocycles. The Morgan fingerprint density at radius 2 is 1.46 bits per heavy atom. The van der Waals surface area contributed by atoms with Crippen LogP contribution >= 0.6 is 0 Å². The zero-order chi connectivity index (χ0) is 23.5. The molecule has 2 aromatic heterocycles. The summed E-state index contributed by atoms with van der Waals surface area (Å²) in [6.07, 6.45) is 2.34. The molecule has 2 aliphatic heterocycles. The predicted octanol–water partition coefficient (Wildman–Crippen LogP) is 3.71. The minimum atomic E-state index is 0.644. The molecule has 0 radical (unpaired) electrons. The van der Waals surface area contributed by atoms with Crippen LogP contribution in [-0.4, -0.2) is 59.2 Å². The van der Waals surface area contributed by atoms with Crippen LogP contribution in [0.2, 0.25) is 0 Å². The van der Waals surface area contributed by atoms with Gasteiger partial charge in [-0.1, -0.05) is 60.7 Å². The molecule has 178 valence electrons. The third kappa shape index (κ3) is 4.61. The average Bonchev–Trinajstić information content (AvgIpc) is 3.47. The summed E-state index contributed by atoms with van der Waals surface area (Å²) in [6, 6.07) is 20.6. The van der Waals surface area contributed by atoms with Crippen molar-refractivity contribution in [1.29, 1.82) is 0 Å². The molecular formula is C27H30N8. The van der Waals surface area contributed by atoms with E-state index in [-0.39, 0.29) is 0 Å². The molecule has 2 fully saturated rings. The van der Waals surface area contributed by atoms with Crippen LogP contribution in [0.15, 0.2) is 60.7 Å². The van der Waals surface area contributed by atoms with Gasteiger partial charge in [-0.2, -0.15) is 9.97 Å². The Labute approximate surface area is 205 Å². The van der Waals surface area contributed by atoms with Crippen LogP contribution in [0, 0.1) is 0 Å². The van der Waals surface area contributed by atoms with E-state index in [1.165, 1.54) is 18.4 Å². The first-order valence-corrected chi connectivity index (χ1v) is 12.5. The number of anilines is 3. The van der Waals surface area contributed by atoms with Gasteiger partial charge in [0.25, 0.3) is 0 Å². The van der Waals surface area contributed by atoms with E-state index in [0.717, 1.165) is 73.6 Å². The van der Waals surface area contributed by atoms with Crippen molar-refractivity contribution < 1.29 is 0 Å². The van der Waals surface area contributed by atoms with Crippen molar-refractivity contribution in [2.45, 2.75) is 19.4 Å². The van der Waals surface area contributed by atoms with Crippen LogP contribution in [0.25, 0.3) is 22.4 Å². The highest BCUT2D eigenvalue weighted by Crippen LogP contribution is 2.32. The van der Waals surface area contributed by atoms with Gasteiger partial charge in [0.1, 0.15) is 5.69 Å². The van der Waals surface area contributed by atoms with Gasteiger partial charge in [-0.25, -0.2) is 9.97 Å². The molecule has 4 heterocycles. The van der Waals surface area contributed by atoms with Crippen LogP contribution in [0.3, 0.4) is 0 Å². The minimum absolute atomic E-state index is 0.644. The maximum absolute atomic E-state index is 5.17. The van der Waals surface area contributed by atoms with E-state index in [1.54, 1.807) is 0 Å². The van der Waals surface area contributed by atoms with E-state index in [0.29, 0.717) is 12.2 Å². The first kappa shape index (κ1) is 21.7. The molecule has 8 nitrogen and oxygen atoms in total. The van der Waals surface area contributed by atoms with Gasteiger partial charge < -0.3 is 20.4 Å². The molecule has 0 spiro atoms. The number of benzene rings is 2. The molecule has 0 bridgehead atoms. The lowest BCUT2D eigenvalue weighted by atomic mass is 10.1. The van der Waals surface area contributed by atoms with Gasteiger partial charge in [0.15, 0.2) is 22.8 Å². The summed E-state index contributed by atoms with van der Waals surface area (Å²) >= 11 is 0. The van der Waals surface area contributed by atoms with E-state index in [1.807, 2.05) is 24.3 Å². The molecule has 6 rings (SSSR count). The fourth-order valence-electron chi connectivity index (χ4n) is 4.78. The van der Waals surface area contributed by atoms with E-state index in [4.69, 9.17) is 19.9 Å². The van der Waals surface area contributed by atoms with Crippen LogP contribution in [0.1, 0.15) is 18.4 Å². The third-order valence-electron chi connectivity index (χ3n) is 6.66. The Balaban J connectivity index is 1.49. The summed E-state index contributed by atoms with van der Waals surface area (Å²) in [5.41, 5.74) is 4.46. The molecule has 2 N–H and O–H groups in total. The quantitative estimate of drug-likeness (QED) is 0.445. The Hall–Kier alpha value is -3.78. The maximum Gasteiger partial charge on any atom is 0.229 e. The van der Waals surface area contributed by atoms with E-state index in [2.05, 4.69) is 56.8 Å². The smallest absolute Gasteiger partial charge is 0.229 e. The summed E-state index contributed by atoms with van der Waals surface area (Å²) in [6.45, 7) is 6.29. The number of nitrogens with zero attached hydrogens (tertiary/aromatic N) is 6. The number of fused-ring (bicyclic) bond motifs is 1. The first-order chi connectivity index (χ1) is 17.3. The number of rotatable bonds is 6. The number of aromatic nitrogens is 4. The topological polar surface area (TPSA) is 82.1 Å². The van der Waals surface area contributed by atoms with Crippen molar-refractivity contribution in [2.75, 3.05) is 54.4 Å². The fourth-order valence-corrected chi connectivity index (χ4v) is 4.78. The van der Waals surface area contributed by atoms with Crippen molar-refractivity contribution in [1.82, 2.24) is 25.3 Å². The number of piperazine rings is 1. The normalized spacial score (nSPS) is 16.1. The Morgan fingerprint density at radius 3 is 2.20 bits per heavy atom. The van der Waals surface area contributed by atoms with Gasteiger partial charge in [0.2, 0.25) is 5.95 Å². The summed E-state index contributed by atoms with van der Waals surface area (Å²) in [5.74, 6) is 2.39. The van der Waals surface area contributed by atoms with Crippen LogP contribution in [0.4, 0.5) is 17.6 Å². The molecule has 0 amide bonds. The lowest BCUT2D eigenvalue weighted by molar-refractivity contribution is 0.580. The van der Waals surface area contributed by atoms with Gasteiger partial charge in [0.05, 0.1) is 0 Å². The summed E-state index contributed by atoms with van der Waals surface area (Å²) in [5, 5.41) is 6.95. The Morgan fingerprint density at radius 1 is 0.743 bits per heavy atom. The zero-order valence-electron chi connectivity index (χ0n) is 19.8. The lowest BCUT2D eigenvalue weighted by Gasteiger charge is -2.28. The zero-order valence-corrected chi connectivity index (χ0v) is 19.8. The molecule has 0 saturated carbocycles. The highest BCUT2D eigenvalue weighted by atomic mass is 15.3. The molecule has 2 aliphatic rings. The molecule has 4 aromatic rings. The lowest BCUT2D eigenvalue weighted by Crippen LogP contribution is -2.44. The number of hydrogen-bond donors (Lipinski definition) is 2. The van der Waals surface area contributed by atoms with E-state index >= 15 is 0 Å². The van der Waals surface area contributed by atoms with Crippen LogP contribution < -0.4 is 20.4 Å². The van der Waals surface area contributed by atoms with Gasteiger partial charge in [-0.3, -0.25) is 0 Å². The van der Waals surface area contributed by atoms with Crippen molar-refractivity contribution in [3.8, 4) is 11.3 Å². The molecule has 2 aromatic carbocycles. The molecule has 0 atom stereocenters. The standard InChI is InChI=1S/C27H30N8/c1-3-9-20(10-4-1)19-29-24-22(21-11-5-2-6-12-21)30-23-25(31-24)32-27(35-17-13-28-14-18-35)33-26(23)34-15-7-8-16-34/h1-6,9-12,28H,7-8,13-19H2,(H,29,31,32,33). The second kappa shape index (κ2) is 9.84. The summed E-state index contributed by atoms with van der Waals surface area (Å²) < 4.78 is 0. The van der Waals surface area contributed by atoms with Crippen LogP contribution in [0.5, 0.6) is 0 Å². The fraction of sp³-hybridized carbons (Fsp3) is 0.333. The highest BCUT2D eigenvalue weighted by molar-refractivity contribution is 5.89. The Bertz CT molecular complexity index is 1280. The van der Waals surface area contributed by atoms with Gasteiger partial charge in [-0.15, -0.1) is 0 Å². The van der Waals surface area contributed by atoms with Gasteiger partial charge >= 0.3 is 0 Å². The molecule has 0 aliphatic carbocycles. The van der Waals surface area contributed by atoms with Crippen molar-refractivity contribution in [3.63, 3.8) is 0 Å². The molecule has 35 heavy (non-hydrogen) atoms. The number of nitrogens with one attached hydrogen (secondary N) is 2.